The van der Waals surface area contributed by atoms with Gasteiger partial charge in [-0.25, -0.2) is 0 Å². The number of nitrogens with zero attached hydrogens (tertiary/aromatic N) is 2. The van der Waals surface area contributed by atoms with E-state index in [0.717, 1.165) is 63.4 Å². The molecular formula is C18H27N3O2. The van der Waals surface area contributed by atoms with Crippen molar-refractivity contribution in [1.82, 2.24) is 15.1 Å². The minimum Gasteiger partial charge on any atom is -0.483 e. The molecule has 3 rings (SSSR count). The highest BCUT2D eigenvalue weighted by atomic mass is 16.5. The standard InChI is InChI=1S/C18H27N3O2/c1-15-12-20(11-8-19-15)13-16-6-2-3-7-17(16)23-14-18(22)21-9-4-5-10-21/h2-3,6-7,15,19H,4-5,8-14H2,1H3. The van der Waals surface area contributed by atoms with Crippen molar-refractivity contribution in [2.45, 2.75) is 32.4 Å². The highest BCUT2D eigenvalue weighted by Crippen LogP contribution is 2.21. The molecule has 1 atom stereocenters. The zero-order valence-electron chi connectivity index (χ0n) is 14.0. The molecule has 5 heteroatoms. The number of likely N-dealkylation sites (tertiary alicyclic amines) is 1. The molecule has 23 heavy (non-hydrogen) atoms. The Labute approximate surface area is 138 Å². The van der Waals surface area contributed by atoms with E-state index < -0.39 is 0 Å². The third kappa shape index (κ3) is 4.45. The molecule has 0 bridgehead atoms. The lowest BCUT2D eigenvalue weighted by Crippen LogP contribution is -2.48. The molecule has 1 aromatic carbocycles. The molecule has 2 heterocycles. The van der Waals surface area contributed by atoms with Crippen LogP contribution in [0.15, 0.2) is 24.3 Å². The molecule has 1 unspecified atom stereocenters. The topological polar surface area (TPSA) is 44.8 Å². The van der Waals surface area contributed by atoms with E-state index in [2.05, 4.69) is 23.2 Å². The first-order valence-corrected chi connectivity index (χ1v) is 8.66. The second-order valence-electron chi connectivity index (χ2n) is 6.57. The van der Waals surface area contributed by atoms with E-state index in [9.17, 15) is 4.79 Å². The maximum atomic E-state index is 12.1. The first-order valence-electron chi connectivity index (χ1n) is 8.66. The minimum absolute atomic E-state index is 0.105. The molecule has 2 aliphatic rings. The molecule has 1 N–H and O–H groups in total. The molecular weight excluding hydrogens is 290 g/mol. The van der Waals surface area contributed by atoms with E-state index in [1.807, 2.05) is 23.1 Å². The van der Waals surface area contributed by atoms with Crippen LogP contribution in [0.5, 0.6) is 5.75 Å². The fourth-order valence-electron chi connectivity index (χ4n) is 3.37. The van der Waals surface area contributed by atoms with Gasteiger partial charge in [0, 0.05) is 50.9 Å². The second kappa shape index (κ2) is 7.79. The number of benzene rings is 1. The maximum absolute atomic E-state index is 12.1. The normalized spacial score (nSPS) is 22.3. The summed E-state index contributed by atoms with van der Waals surface area (Å²) in [6.07, 6.45) is 2.23. The Morgan fingerprint density at radius 1 is 1.26 bits per heavy atom. The molecule has 0 aromatic heterocycles. The zero-order valence-corrected chi connectivity index (χ0v) is 14.0. The largest absolute Gasteiger partial charge is 0.483 e. The smallest absolute Gasteiger partial charge is 0.260 e. The molecule has 2 aliphatic heterocycles. The Morgan fingerprint density at radius 2 is 2.04 bits per heavy atom. The van der Waals surface area contributed by atoms with Crippen LogP contribution in [-0.4, -0.2) is 61.1 Å². The van der Waals surface area contributed by atoms with E-state index in [1.54, 1.807) is 0 Å². The molecule has 126 valence electrons. The third-order valence-corrected chi connectivity index (χ3v) is 4.63. The fraction of sp³-hybridized carbons (Fsp3) is 0.611. The van der Waals surface area contributed by atoms with E-state index in [1.165, 1.54) is 0 Å². The van der Waals surface area contributed by atoms with Crippen molar-refractivity contribution in [1.29, 1.82) is 0 Å². The molecule has 2 saturated heterocycles. The van der Waals surface area contributed by atoms with Gasteiger partial charge < -0.3 is 15.0 Å². The van der Waals surface area contributed by atoms with Crippen molar-refractivity contribution in [2.24, 2.45) is 0 Å². The molecule has 0 spiro atoms. The number of nitrogens with one attached hydrogen (secondary N) is 1. The number of para-hydroxylation sites is 1. The number of piperazine rings is 1. The number of ether oxygens (including phenoxy) is 1. The highest BCUT2D eigenvalue weighted by molar-refractivity contribution is 5.78. The molecule has 0 saturated carbocycles. The van der Waals surface area contributed by atoms with Crippen LogP contribution < -0.4 is 10.1 Å². The van der Waals surface area contributed by atoms with Gasteiger partial charge in [0.2, 0.25) is 0 Å². The van der Waals surface area contributed by atoms with Crippen LogP contribution in [0, 0.1) is 0 Å². The summed E-state index contributed by atoms with van der Waals surface area (Å²) in [6, 6.07) is 8.60. The summed E-state index contributed by atoms with van der Waals surface area (Å²) in [5.74, 6) is 0.944. The van der Waals surface area contributed by atoms with Crippen molar-refractivity contribution in [2.75, 3.05) is 39.3 Å². The fourth-order valence-corrected chi connectivity index (χ4v) is 3.37. The summed E-state index contributed by atoms with van der Waals surface area (Å²) in [7, 11) is 0. The lowest BCUT2D eigenvalue weighted by Gasteiger charge is -2.32. The molecule has 1 amide bonds. The number of hydrogen-bond donors (Lipinski definition) is 1. The van der Waals surface area contributed by atoms with Crippen molar-refractivity contribution in [3.05, 3.63) is 29.8 Å². The Hall–Kier alpha value is -1.59. The van der Waals surface area contributed by atoms with Crippen LogP contribution in [0.25, 0.3) is 0 Å². The summed E-state index contributed by atoms with van der Waals surface area (Å²) in [6.45, 7) is 8.10. The monoisotopic (exact) mass is 317 g/mol. The van der Waals surface area contributed by atoms with E-state index >= 15 is 0 Å². The lowest BCUT2D eigenvalue weighted by molar-refractivity contribution is -0.132. The number of amides is 1. The molecule has 2 fully saturated rings. The first-order chi connectivity index (χ1) is 11.2. The van der Waals surface area contributed by atoms with Gasteiger partial charge in [0.05, 0.1) is 0 Å². The van der Waals surface area contributed by atoms with Crippen LogP contribution in [0.1, 0.15) is 25.3 Å². The average Bonchev–Trinajstić information content (AvgIpc) is 3.08. The minimum atomic E-state index is 0.105. The number of carbonyl (C=O) groups is 1. The summed E-state index contributed by atoms with van der Waals surface area (Å²) in [4.78, 5) is 16.5. The van der Waals surface area contributed by atoms with Gasteiger partial charge in [-0.1, -0.05) is 18.2 Å². The third-order valence-electron chi connectivity index (χ3n) is 4.63. The number of hydrogen-bond acceptors (Lipinski definition) is 4. The summed E-state index contributed by atoms with van der Waals surface area (Å²) in [5.41, 5.74) is 1.16. The van der Waals surface area contributed by atoms with Gasteiger partial charge in [-0.05, 0) is 25.8 Å². The molecule has 0 radical (unpaired) electrons. The van der Waals surface area contributed by atoms with Crippen molar-refractivity contribution >= 4 is 5.91 Å². The maximum Gasteiger partial charge on any atom is 0.260 e. The van der Waals surface area contributed by atoms with Gasteiger partial charge in [-0.3, -0.25) is 9.69 Å². The Balaban J connectivity index is 1.57. The number of rotatable bonds is 5. The molecule has 1 aromatic rings. The first kappa shape index (κ1) is 16.3. The SMILES string of the molecule is CC1CN(Cc2ccccc2OCC(=O)N2CCCC2)CCN1. The average molecular weight is 317 g/mol. The predicted molar refractivity (Wildman–Crippen MR) is 90.5 cm³/mol. The van der Waals surface area contributed by atoms with Gasteiger partial charge in [0.15, 0.2) is 6.61 Å². The van der Waals surface area contributed by atoms with Gasteiger partial charge in [0.25, 0.3) is 5.91 Å². The Bertz CT molecular complexity index is 529. The van der Waals surface area contributed by atoms with Crippen LogP contribution in [0.2, 0.25) is 0 Å². The van der Waals surface area contributed by atoms with E-state index in [4.69, 9.17) is 4.74 Å². The summed E-state index contributed by atoms with van der Waals surface area (Å²) < 4.78 is 5.85. The molecule has 0 aliphatic carbocycles. The predicted octanol–water partition coefficient (Wildman–Crippen LogP) is 1.48. The quantitative estimate of drug-likeness (QED) is 0.893. The van der Waals surface area contributed by atoms with Gasteiger partial charge in [0.1, 0.15) is 5.75 Å². The van der Waals surface area contributed by atoms with Crippen LogP contribution in [0.3, 0.4) is 0 Å². The van der Waals surface area contributed by atoms with Gasteiger partial charge in [-0.2, -0.15) is 0 Å². The number of carbonyl (C=O) groups excluding carboxylic acids is 1. The van der Waals surface area contributed by atoms with Crippen LogP contribution in [-0.2, 0) is 11.3 Å². The van der Waals surface area contributed by atoms with Crippen LogP contribution >= 0.6 is 0 Å². The summed E-state index contributed by atoms with van der Waals surface area (Å²) in [5, 5.41) is 3.46. The van der Waals surface area contributed by atoms with Gasteiger partial charge in [-0.15, -0.1) is 0 Å². The van der Waals surface area contributed by atoms with E-state index in [0.29, 0.717) is 6.04 Å². The molecule has 5 nitrogen and oxygen atoms in total. The van der Waals surface area contributed by atoms with E-state index in [-0.39, 0.29) is 12.5 Å². The zero-order chi connectivity index (χ0) is 16.1. The highest BCUT2D eigenvalue weighted by Gasteiger charge is 2.20. The van der Waals surface area contributed by atoms with Crippen molar-refractivity contribution < 1.29 is 9.53 Å². The Kier molecular flexibility index (Phi) is 5.51. The lowest BCUT2D eigenvalue weighted by atomic mass is 10.1. The van der Waals surface area contributed by atoms with Crippen molar-refractivity contribution in [3.63, 3.8) is 0 Å². The van der Waals surface area contributed by atoms with Gasteiger partial charge >= 0.3 is 0 Å². The second-order valence-corrected chi connectivity index (χ2v) is 6.57. The summed E-state index contributed by atoms with van der Waals surface area (Å²) >= 11 is 0. The Morgan fingerprint density at radius 3 is 2.83 bits per heavy atom. The van der Waals surface area contributed by atoms with Crippen molar-refractivity contribution in [3.8, 4) is 5.75 Å². The van der Waals surface area contributed by atoms with Crippen LogP contribution in [0.4, 0.5) is 0 Å².